The minimum absolute atomic E-state index is 0.324. The number of hydroxylamine groups is 1. The Morgan fingerprint density at radius 3 is 2.46 bits per heavy atom. The summed E-state index contributed by atoms with van der Waals surface area (Å²) in [7, 11) is 0. The van der Waals surface area contributed by atoms with Crippen molar-refractivity contribution in [2.75, 3.05) is 5.32 Å². The molecule has 0 unspecified atom stereocenters. The van der Waals surface area contributed by atoms with E-state index in [4.69, 9.17) is 16.8 Å². The van der Waals surface area contributed by atoms with E-state index < -0.39 is 11.3 Å². The lowest BCUT2D eigenvalue weighted by molar-refractivity contribution is -0.134. The monoisotopic (exact) mass is 372 g/mol. The largest absolute Gasteiger partial charge is 0.305 e. The molecule has 1 aromatic carbocycles. The number of halogens is 1. The van der Waals surface area contributed by atoms with E-state index in [-0.39, 0.29) is 5.91 Å². The Morgan fingerprint density at radius 1 is 1.12 bits per heavy atom. The maximum atomic E-state index is 12.4. The van der Waals surface area contributed by atoms with Crippen molar-refractivity contribution in [1.82, 2.24) is 14.9 Å². The van der Waals surface area contributed by atoms with Crippen LogP contribution in [0.3, 0.4) is 0 Å². The van der Waals surface area contributed by atoms with Crippen LogP contribution in [0.15, 0.2) is 48.8 Å². The highest BCUT2D eigenvalue weighted by Crippen LogP contribution is 2.24. The Morgan fingerprint density at radius 2 is 1.81 bits per heavy atom. The SMILES string of the molecule is CC(C)(C(=O)NO)c1ccc(C(=O)Nc2cn3cc(Cl)ccc3n2)cc1. The first-order valence-corrected chi connectivity index (χ1v) is 8.20. The number of hydrogen-bond acceptors (Lipinski definition) is 4. The average Bonchev–Trinajstić information content (AvgIpc) is 3.02. The summed E-state index contributed by atoms with van der Waals surface area (Å²) in [5.41, 5.74) is 2.48. The van der Waals surface area contributed by atoms with Crippen molar-refractivity contribution in [3.05, 3.63) is 64.9 Å². The summed E-state index contributed by atoms with van der Waals surface area (Å²) in [5, 5.41) is 12.1. The number of carbonyl (C=O) groups is 2. The summed E-state index contributed by atoms with van der Waals surface area (Å²) in [6.45, 7) is 3.35. The lowest BCUT2D eigenvalue weighted by Gasteiger charge is -2.22. The number of fused-ring (bicyclic) bond motifs is 1. The van der Waals surface area contributed by atoms with Gasteiger partial charge in [-0.3, -0.25) is 14.8 Å². The van der Waals surface area contributed by atoms with E-state index >= 15 is 0 Å². The molecule has 8 heteroatoms. The summed E-state index contributed by atoms with van der Waals surface area (Å²) < 4.78 is 1.72. The number of rotatable bonds is 4. The van der Waals surface area contributed by atoms with Crippen LogP contribution in [0.25, 0.3) is 5.65 Å². The quantitative estimate of drug-likeness (QED) is 0.484. The Bertz CT molecular complexity index is 980. The second-order valence-electron chi connectivity index (χ2n) is 6.34. The zero-order chi connectivity index (χ0) is 18.9. The van der Waals surface area contributed by atoms with Crippen LogP contribution in [-0.2, 0) is 10.2 Å². The van der Waals surface area contributed by atoms with Crippen molar-refractivity contribution < 1.29 is 14.8 Å². The molecular formula is C18H17ClN4O3. The molecule has 0 radical (unpaired) electrons. The van der Waals surface area contributed by atoms with E-state index in [1.807, 2.05) is 0 Å². The summed E-state index contributed by atoms with van der Waals surface area (Å²) in [5.74, 6) is -0.449. The topological polar surface area (TPSA) is 95.7 Å². The van der Waals surface area contributed by atoms with E-state index in [0.29, 0.717) is 27.6 Å². The third-order valence-electron chi connectivity index (χ3n) is 4.19. The first kappa shape index (κ1) is 17.9. The lowest BCUT2D eigenvalue weighted by Crippen LogP contribution is -2.38. The van der Waals surface area contributed by atoms with Gasteiger partial charge in [0.15, 0.2) is 5.82 Å². The number of hydrogen-bond donors (Lipinski definition) is 3. The molecule has 0 fully saturated rings. The molecule has 3 aromatic rings. The maximum Gasteiger partial charge on any atom is 0.256 e. The van der Waals surface area contributed by atoms with Crippen molar-refractivity contribution >= 4 is 34.9 Å². The lowest BCUT2D eigenvalue weighted by atomic mass is 9.83. The highest BCUT2D eigenvalue weighted by Gasteiger charge is 2.29. The van der Waals surface area contributed by atoms with Crippen LogP contribution >= 0.6 is 11.6 Å². The summed E-state index contributed by atoms with van der Waals surface area (Å²) >= 11 is 5.93. The van der Waals surface area contributed by atoms with Gasteiger partial charge in [0.1, 0.15) is 5.65 Å². The van der Waals surface area contributed by atoms with Gasteiger partial charge in [0.25, 0.3) is 11.8 Å². The first-order valence-electron chi connectivity index (χ1n) is 7.82. The molecule has 134 valence electrons. The molecule has 0 bridgehead atoms. The van der Waals surface area contributed by atoms with Crippen molar-refractivity contribution in [2.24, 2.45) is 0 Å². The van der Waals surface area contributed by atoms with Crippen LogP contribution < -0.4 is 10.8 Å². The number of imidazole rings is 1. The molecule has 3 N–H and O–H groups in total. The Labute approximate surface area is 154 Å². The molecule has 0 saturated heterocycles. The predicted octanol–water partition coefficient (Wildman–Crippen LogP) is 3.02. The van der Waals surface area contributed by atoms with Crippen LogP contribution in [0.4, 0.5) is 5.82 Å². The van der Waals surface area contributed by atoms with Crippen LogP contribution in [0.1, 0.15) is 29.8 Å². The van der Waals surface area contributed by atoms with Gasteiger partial charge in [0.05, 0.1) is 16.6 Å². The van der Waals surface area contributed by atoms with Crippen LogP contribution in [0.5, 0.6) is 0 Å². The normalized spacial score (nSPS) is 11.4. The number of nitrogens with one attached hydrogen (secondary N) is 2. The predicted molar refractivity (Wildman–Crippen MR) is 97.6 cm³/mol. The molecule has 26 heavy (non-hydrogen) atoms. The third-order valence-corrected chi connectivity index (χ3v) is 4.42. The Kier molecular flexibility index (Phi) is 4.67. The molecule has 2 amide bonds. The number of anilines is 1. The Hall–Kier alpha value is -2.90. The zero-order valence-electron chi connectivity index (χ0n) is 14.2. The summed E-state index contributed by atoms with van der Waals surface area (Å²) in [4.78, 5) is 28.4. The number of pyridine rings is 1. The molecule has 2 heterocycles. The number of nitrogens with zero attached hydrogens (tertiary/aromatic N) is 2. The van der Waals surface area contributed by atoms with Crippen molar-refractivity contribution in [2.45, 2.75) is 19.3 Å². The van der Waals surface area contributed by atoms with Gasteiger partial charge in [-0.05, 0) is 43.7 Å². The fourth-order valence-corrected chi connectivity index (χ4v) is 2.69. The van der Waals surface area contributed by atoms with E-state index in [1.165, 1.54) is 0 Å². The minimum atomic E-state index is -0.926. The molecule has 0 atom stereocenters. The van der Waals surface area contributed by atoms with Gasteiger partial charge in [-0.15, -0.1) is 0 Å². The molecule has 2 aromatic heterocycles. The van der Waals surface area contributed by atoms with Gasteiger partial charge in [-0.2, -0.15) is 0 Å². The van der Waals surface area contributed by atoms with Crippen molar-refractivity contribution in [1.29, 1.82) is 0 Å². The highest BCUT2D eigenvalue weighted by molar-refractivity contribution is 6.30. The van der Waals surface area contributed by atoms with Gasteiger partial charge in [0.2, 0.25) is 0 Å². The molecule has 3 rings (SSSR count). The molecule has 7 nitrogen and oxygen atoms in total. The van der Waals surface area contributed by atoms with Gasteiger partial charge in [-0.1, -0.05) is 23.7 Å². The average molecular weight is 373 g/mol. The fourth-order valence-electron chi connectivity index (χ4n) is 2.52. The number of aromatic nitrogens is 2. The highest BCUT2D eigenvalue weighted by atomic mass is 35.5. The maximum absolute atomic E-state index is 12.4. The molecule has 0 aliphatic rings. The van der Waals surface area contributed by atoms with E-state index in [0.717, 1.165) is 0 Å². The van der Waals surface area contributed by atoms with Crippen molar-refractivity contribution in [3.63, 3.8) is 0 Å². The summed E-state index contributed by atoms with van der Waals surface area (Å²) in [6.07, 6.45) is 3.37. The summed E-state index contributed by atoms with van der Waals surface area (Å²) in [6, 6.07) is 10.0. The minimum Gasteiger partial charge on any atom is -0.305 e. The van der Waals surface area contributed by atoms with Crippen molar-refractivity contribution in [3.8, 4) is 0 Å². The number of amides is 2. The number of benzene rings is 1. The second kappa shape index (κ2) is 6.78. The Balaban J connectivity index is 1.78. The molecule has 0 aliphatic carbocycles. The van der Waals surface area contributed by atoms with E-state index in [2.05, 4.69) is 10.3 Å². The smallest absolute Gasteiger partial charge is 0.256 e. The molecule has 0 saturated carbocycles. The molecular weight excluding hydrogens is 356 g/mol. The van der Waals surface area contributed by atoms with Gasteiger partial charge in [-0.25, -0.2) is 10.5 Å². The van der Waals surface area contributed by atoms with E-state index in [9.17, 15) is 9.59 Å². The first-order chi connectivity index (χ1) is 12.3. The fraction of sp³-hybridized carbons (Fsp3) is 0.167. The van der Waals surface area contributed by atoms with Crippen LogP contribution in [0, 0.1) is 0 Å². The zero-order valence-corrected chi connectivity index (χ0v) is 14.9. The van der Waals surface area contributed by atoms with Crippen LogP contribution in [-0.4, -0.2) is 26.4 Å². The second-order valence-corrected chi connectivity index (χ2v) is 6.77. The van der Waals surface area contributed by atoms with Crippen LogP contribution in [0.2, 0.25) is 5.02 Å². The molecule has 0 aliphatic heterocycles. The van der Waals surface area contributed by atoms with E-state index in [1.54, 1.807) is 72.5 Å². The number of carbonyl (C=O) groups excluding carboxylic acids is 2. The van der Waals surface area contributed by atoms with Gasteiger partial charge in [0, 0.05) is 11.8 Å². The third kappa shape index (κ3) is 3.40. The van der Waals surface area contributed by atoms with Gasteiger partial charge < -0.3 is 9.72 Å². The van der Waals surface area contributed by atoms with Gasteiger partial charge >= 0.3 is 0 Å². The standard InChI is InChI=1S/C18H17ClN4O3/c1-18(2,17(25)22-26)12-5-3-11(4-6-12)16(24)21-14-10-23-9-13(19)7-8-15(23)20-14/h3-10,26H,1-2H3,(H,21,24)(H,22,25). The molecule has 0 spiro atoms.